The molecule has 2 aromatic heterocycles. The first-order valence-electron chi connectivity index (χ1n) is 9.69. The van der Waals surface area contributed by atoms with Crippen molar-refractivity contribution in [1.82, 2.24) is 30.3 Å². The normalized spacial score (nSPS) is 14.2. The first-order valence-corrected chi connectivity index (χ1v) is 9.69. The van der Waals surface area contributed by atoms with E-state index in [1.165, 1.54) is 35.5 Å². The van der Waals surface area contributed by atoms with Crippen molar-refractivity contribution in [3.63, 3.8) is 0 Å². The molecule has 0 radical (unpaired) electrons. The number of piperazine rings is 1. The van der Waals surface area contributed by atoms with Crippen LogP contribution in [0.2, 0.25) is 0 Å². The van der Waals surface area contributed by atoms with Gasteiger partial charge >= 0.3 is 12.3 Å². The van der Waals surface area contributed by atoms with Crippen LogP contribution in [0.15, 0.2) is 42.7 Å². The molecule has 0 unspecified atom stereocenters. The standard InChI is InChI=1S/C19H17F3N8O3/c20-19(21,22)13-4-2-1-3-12(13)16(31)30-9-7-29(8-10-30)14-5-6-15(27-26-14)33-18(32)25-17-23-11-24-28-17/h1-6,11H,7-10H2,(H2,23,24,25,28,32). The molecular formula is C19H17F3N8O3. The minimum Gasteiger partial charge on any atom is -0.389 e. The summed E-state index contributed by atoms with van der Waals surface area (Å²) in [5.74, 6) is -0.140. The Labute approximate surface area is 184 Å². The van der Waals surface area contributed by atoms with E-state index in [2.05, 4.69) is 30.7 Å². The molecule has 1 aromatic carbocycles. The van der Waals surface area contributed by atoms with E-state index in [1.54, 1.807) is 6.07 Å². The fourth-order valence-corrected chi connectivity index (χ4v) is 3.24. The zero-order valence-electron chi connectivity index (χ0n) is 16.9. The molecule has 0 saturated carbocycles. The van der Waals surface area contributed by atoms with Crippen LogP contribution in [0.5, 0.6) is 5.88 Å². The highest BCUT2D eigenvalue weighted by atomic mass is 19.4. The molecule has 33 heavy (non-hydrogen) atoms. The largest absolute Gasteiger partial charge is 0.420 e. The number of carbonyl (C=O) groups excluding carboxylic acids is 2. The van der Waals surface area contributed by atoms with Gasteiger partial charge in [-0.15, -0.1) is 10.2 Å². The summed E-state index contributed by atoms with van der Waals surface area (Å²) in [6, 6.07) is 7.76. The monoisotopic (exact) mass is 462 g/mol. The summed E-state index contributed by atoms with van der Waals surface area (Å²) in [5.41, 5.74) is -1.32. The van der Waals surface area contributed by atoms with Crippen LogP contribution in [-0.2, 0) is 6.18 Å². The Morgan fingerprint density at radius 1 is 1.03 bits per heavy atom. The first kappa shape index (κ1) is 22.0. The minimum atomic E-state index is -4.61. The Balaban J connectivity index is 1.34. The number of alkyl halides is 3. The highest BCUT2D eigenvalue weighted by molar-refractivity contribution is 5.96. The van der Waals surface area contributed by atoms with Crippen LogP contribution >= 0.6 is 0 Å². The fraction of sp³-hybridized carbons (Fsp3) is 0.263. The number of rotatable bonds is 4. The summed E-state index contributed by atoms with van der Waals surface area (Å²) in [6.45, 7) is 1.12. The number of halogens is 3. The van der Waals surface area contributed by atoms with Gasteiger partial charge in [0.05, 0.1) is 11.1 Å². The van der Waals surface area contributed by atoms with Crippen LogP contribution in [0.4, 0.5) is 29.7 Å². The van der Waals surface area contributed by atoms with Gasteiger partial charge in [-0.2, -0.15) is 23.3 Å². The molecule has 1 aliphatic heterocycles. The Morgan fingerprint density at radius 3 is 2.42 bits per heavy atom. The molecule has 172 valence electrons. The van der Waals surface area contributed by atoms with E-state index in [1.807, 2.05) is 4.90 Å². The van der Waals surface area contributed by atoms with Gasteiger partial charge in [-0.3, -0.25) is 10.1 Å². The number of aromatic amines is 1. The summed E-state index contributed by atoms with van der Waals surface area (Å²) in [5, 5.41) is 16.2. The van der Waals surface area contributed by atoms with Gasteiger partial charge < -0.3 is 14.5 Å². The third kappa shape index (κ3) is 5.16. The summed E-state index contributed by atoms with van der Waals surface area (Å²) < 4.78 is 44.7. The summed E-state index contributed by atoms with van der Waals surface area (Å²) in [6.07, 6.45) is -4.23. The molecule has 0 spiro atoms. The molecular weight excluding hydrogens is 445 g/mol. The van der Waals surface area contributed by atoms with Crippen molar-refractivity contribution in [3.05, 3.63) is 53.9 Å². The smallest absolute Gasteiger partial charge is 0.389 e. The quantitative estimate of drug-likeness (QED) is 0.604. The van der Waals surface area contributed by atoms with Gasteiger partial charge in [0.1, 0.15) is 6.33 Å². The van der Waals surface area contributed by atoms with Gasteiger partial charge in [0, 0.05) is 32.2 Å². The van der Waals surface area contributed by atoms with Gasteiger partial charge in [-0.25, -0.2) is 9.89 Å². The molecule has 0 aliphatic carbocycles. The van der Waals surface area contributed by atoms with Crippen LogP contribution in [0.3, 0.4) is 0 Å². The number of anilines is 2. The van der Waals surface area contributed by atoms with Gasteiger partial charge in [-0.05, 0) is 18.2 Å². The van der Waals surface area contributed by atoms with Crippen LogP contribution in [-0.4, -0.2) is 68.5 Å². The molecule has 14 heteroatoms. The number of benzene rings is 1. The van der Waals surface area contributed by atoms with E-state index >= 15 is 0 Å². The molecule has 1 fully saturated rings. The first-order chi connectivity index (χ1) is 15.8. The molecule has 3 heterocycles. The number of H-pyrrole nitrogens is 1. The average Bonchev–Trinajstić information content (AvgIpc) is 3.31. The van der Waals surface area contributed by atoms with Crippen molar-refractivity contribution >= 4 is 23.8 Å². The number of nitrogens with zero attached hydrogens (tertiary/aromatic N) is 6. The molecule has 3 aromatic rings. The Morgan fingerprint density at radius 2 is 1.79 bits per heavy atom. The van der Waals surface area contributed by atoms with Crippen LogP contribution in [0, 0.1) is 0 Å². The van der Waals surface area contributed by atoms with Crippen LogP contribution in [0.25, 0.3) is 0 Å². The SMILES string of the molecule is O=C(Nc1ncn[nH]1)Oc1ccc(N2CCN(C(=O)c3ccccc3C(F)(F)F)CC2)nn1. The van der Waals surface area contributed by atoms with E-state index in [4.69, 9.17) is 4.74 Å². The van der Waals surface area contributed by atoms with E-state index < -0.39 is 23.7 Å². The number of hydrogen-bond donors (Lipinski definition) is 2. The fourth-order valence-electron chi connectivity index (χ4n) is 3.24. The van der Waals surface area contributed by atoms with E-state index in [0.717, 1.165) is 6.07 Å². The lowest BCUT2D eigenvalue weighted by atomic mass is 10.1. The second-order valence-electron chi connectivity index (χ2n) is 6.90. The zero-order valence-corrected chi connectivity index (χ0v) is 16.9. The summed E-state index contributed by atoms with van der Waals surface area (Å²) >= 11 is 0. The van der Waals surface area contributed by atoms with Crippen molar-refractivity contribution in [1.29, 1.82) is 0 Å². The molecule has 1 aliphatic rings. The number of nitrogens with one attached hydrogen (secondary N) is 2. The highest BCUT2D eigenvalue weighted by Crippen LogP contribution is 2.32. The van der Waals surface area contributed by atoms with Gasteiger partial charge in [-0.1, -0.05) is 12.1 Å². The van der Waals surface area contributed by atoms with E-state index in [9.17, 15) is 22.8 Å². The lowest BCUT2D eigenvalue weighted by molar-refractivity contribution is -0.138. The predicted octanol–water partition coefficient (Wildman–Crippen LogP) is 2.19. The Hall–Kier alpha value is -4.23. The number of amides is 2. The van der Waals surface area contributed by atoms with Crippen LogP contribution < -0.4 is 15.0 Å². The maximum Gasteiger partial charge on any atom is 0.420 e. The molecule has 0 atom stereocenters. The second kappa shape index (κ2) is 9.10. The lowest BCUT2D eigenvalue weighted by Gasteiger charge is -2.35. The second-order valence-corrected chi connectivity index (χ2v) is 6.90. The van der Waals surface area contributed by atoms with E-state index in [-0.39, 0.29) is 30.5 Å². The molecule has 1 saturated heterocycles. The maximum absolute atomic E-state index is 13.2. The molecule has 2 N–H and O–H groups in total. The van der Waals surface area contributed by atoms with Crippen molar-refractivity contribution in [2.75, 3.05) is 36.4 Å². The molecule has 11 nitrogen and oxygen atoms in total. The van der Waals surface area contributed by atoms with Crippen molar-refractivity contribution in [3.8, 4) is 5.88 Å². The molecule has 4 rings (SSSR count). The van der Waals surface area contributed by atoms with Crippen molar-refractivity contribution in [2.45, 2.75) is 6.18 Å². The number of hydrogen-bond acceptors (Lipinski definition) is 8. The van der Waals surface area contributed by atoms with E-state index in [0.29, 0.717) is 18.9 Å². The average molecular weight is 462 g/mol. The zero-order chi connectivity index (χ0) is 23.4. The number of carbonyl (C=O) groups is 2. The third-order valence-corrected chi connectivity index (χ3v) is 4.81. The molecule has 0 bridgehead atoms. The van der Waals surface area contributed by atoms with Gasteiger partial charge in [0.15, 0.2) is 5.82 Å². The van der Waals surface area contributed by atoms with Gasteiger partial charge in [0.2, 0.25) is 11.8 Å². The Kier molecular flexibility index (Phi) is 6.06. The van der Waals surface area contributed by atoms with Crippen LogP contribution in [0.1, 0.15) is 15.9 Å². The number of ether oxygens (including phenoxy) is 1. The highest BCUT2D eigenvalue weighted by Gasteiger charge is 2.36. The third-order valence-electron chi connectivity index (χ3n) is 4.81. The lowest BCUT2D eigenvalue weighted by Crippen LogP contribution is -2.49. The van der Waals surface area contributed by atoms with Crippen molar-refractivity contribution < 1.29 is 27.5 Å². The molecule has 2 amide bonds. The summed E-state index contributed by atoms with van der Waals surface area (Å²) in [4.78, 5) is 31.4. The topological polar surface area (TPSA) is 129 Å². The maximum atomic E-state index is 13.2. The predicted molar refractivity (Wildman–Crippen MR) is 108 cm³/mol. The van der Waals surface area contributed by atoms with Gasteiger partial charge in [0.25, 0.3) is 5.91 Å². The number of aromatic nitrogens is 5. The minimum absolute atomic E-state index is 0.0478. The summed E-state index contributed by atoms with van der Waals surface area (Å²) in [7, 11) is 0. The van der Waals surface area contributed by atoms with Crippen molar-refractivity contribution in [2.24, 2.45) is 0 Å². The Bertz CT molecular complexity index is 1110.